The van der Waals surface area contributed by atoms with Gasteiger partial charge in [-0.15, -0.1) is 0 Å². The summed E-state index contributed by atoms with van der Waals surface area (Å²) in [5.74, 6) is -0.679. The van der Waals surface area contributed by atoms with Crippen molar-refractivity contribution in [2.45, 2.75) is 4.90 Å². The summed E-state index contributed by atoms with van der Waals surface area (Å²) in [7, 11) is -3.01. The van der Waals surface area contributed by atoms with Crippen LogP contribution in [-0.4, -0.2) is 59.1 Å². The van der Waals surface area contributed by atoms with Crippen molar-refractivity contribution in [2.75, 3.05) is 38.3 Å². The molecule has 2 aromatic carbocycles. The van der Waals surface area contributed by atoms with E-state index >= 15 is 0 Å². The standard InChI is InChI=1S/C17H22N4O5S2/c1-20(2)16-8-4-14(5-9-16)18-19-15-6-10-17(11-7-15)28(25,26)21(3)12-13-27(22,23)24/h4-11H,12-13H2,1-3H3,(H,22,23,24). The van der Waals surface area contributed by atoms with Crippen LogP contribution in [0.1, 0.15) is 0 Å². The van der Waals surface area contributed by atoms with Crippen LogP contribution in [0.25, 0.3) is 0 Å². The zero-order valence-electron chi connectivity index (χ0n) is 15.7. The number of benzene rings is 2. The lowest BCUT2D eigenvalue weighted by Crippen LogP contribution is -2.31. The van der Waals surface area contributed by atoms with E-state index in [0.717, 1.165) is 9.99 Å². The quantitative estimate of drug-likeness (QED) is 0.512. The molecule has 0 aliphatic heterocycles. The minimum atomic E-state index is -4.25. The first-order valence-electron chi connectivity index (χ1n) is 8.20. The fourth-order valence-corrected chi connectivity index (χ4v) is 3.95. The highest BCUT2D eigenvalue weighted by Gasteiger charge is 2.22. The third-order valence-electron chi connectivity index (χ3n) is 3.86. The lowest BCUT2D eigenvalue weighted by molar-refractivity contribution is 0.459. The summed E-state index contributed by atoms with van der Waals surface area (Å²) in [5, 5.41) is 8.19. The van der Waals surface area contributed by atoms with Gasteiger partial charge in [0.2, 0.25) is 10.0 Å². The maximum atomic E-state index is 12.4. The van der Waals surface area contributed by atoms with Gasteiger partial charge < -0.3 is 4.90 Å². The zero-order chi connectivity index (χ0) is 20.9. The van der Waals surface area contributed by atoms with Crippen LogP contribution in [0.3, 0.4) is 0 Å². The topological polar surface area (TPSA) is 120 Å². The van der Waals surface area contributed by atoms with E-state index in [-0.39, 0.29) is 11.4 Å². The first kappa shape index (κ1) is 22.0. The molecule has 0 radical (unpaired) electrons. The minimum absolute atomic E-state index is 0.0142. The molecule has 9 nitrogen and oxygen atoms in total. The molecule has 0 heterocycles. The predicted molar refractivity (Wildman–Crippen MR) is 108 cm³/mol. The third kappa shape index (κ3) is 6.09. The van der Waals surface area contributed by atoms with Crippen molar-refractivity contribution in [3.8, 4) is 0 Å². The van der Waals surface area contributed by atoms with Gasteiger partial charge in [0.15, 0.2) is 0 Å². The Morgan fingerprint density at radius 3 is 1.71 bits per heavy atom. The Kier molecular flexibility index (Phi) is 6.88. The molecule has 0 aliphatic rings. The Bertz CT molecular complexity index is 1030. The number of rotatable bonds is 8. The van der Waals surface area contributed by atoms with Crippen molar-refractivity contribution in [1.29, 1.82) is 0 Å². The molecule has 2 aromatic rings. The van der Waals surface area contributed by atoms with Gasteiger partial charge >= 0.3 is 0 Å². The average Bonchev–Trinajstić information content (AvgIpc) is 2.64. The molecule has 11 heteroatoms. The van der Waals surface area contributed by atoms with Crippen LogP contribution in [-0.2, 0) is 20.1 Å². The SMILES string of the molecule is CN(C)c1ccc(N=Nc2ccc(S(=O)(=O)N(C)CCS(=O)(=O)O)cc2)cc1. The van der Waals surface area contributed by atoms with E-state index in [1.54, 1.807) is 0 Å². The Labute approximate surface area is 165 Å². The van der Waals surface area contributed by atoms with Crippen LogP contribution in [0.15, 0.2) is 63.7 Å². The van der Waals surface area contributed by atoms with Crippen molar-refractivity contribution in [1.82, 2.24) is 4.31 Å². The van der Waals surface area contributed by atoms with Crippen LogP contribution >= 0.6 is 0 Å². The summed E-state index contributed by atoms with van der Waals surface area (Å²) < 4.78 is 56.0. The van der Waals surface area contributed by atoms with Crippen LogP contribution in [0, 0.1) is 0 Å². The Hall–Kier alpha value is -2.34. The molecule has 0 aromatic heterocycles. The summed E-state index contributed by atoms with van der Waals surface area (Å²) in [6, 6.07) is 13.2. The first-order valence-corrected chi connectivity index (χ1v) is 11.2. The normalized spacial score (nSPS) is 12.6. The van der Waals surface area contributed by atoms with Crippen molar-refractivity contribution in [2.24, 2.45) is 10.2 Å². The average molecular weight is 427 g/mol. The molecule has 0 bridgehead atoms. The first-order chi connectivity index (χ1) is 13.0. The maximum Gasteiger partial charge on any atom is 0.266 e. The molecule has 0 atom stereocenters. The van der Waals surface area contributed by atoms with E-state index in [9.17, 15) is 16.8 Å². The molecular formula is C17H22N4O5S2. The monoisotopic (exact) mass is 426 g/mol. The van der Waals surface area contributed by atoms with Gasteiger partial charge in [-0.05, 0) is 48.5 Å². The molecule has 0 amide bonds. The molecule has 0 unspecified atom stereocenters. The predicted octanol–water partition coefficient (Wildman–Crippen LogP) is 2.68. The van der Waals surface area contributed by atoms with Crippen molar-refractivity contribution in [3.05, 3.63) is 48.5 Å². The van der Waals surface area contributed by atoms with Crippen LogP contribution in [0.2, 0.25) is 0 Å². The molecule has 0 saturated heterocycles. The fraction of sp³-hybridized carbons (Fsp3) is 0.294. The molecule has 2 rings (SSSR count). The lowest BCUT2D eigenvalue weighted by Gasteiger charge is -2.16. The van der Waals surface area contributed by atoms with E-state index < -0.39 is 25.9 Å². The van der Waals surface area contributed by atoms with E-state index in [1.165, 1.54) is 31.3 Å². The molecule has 28 heavy (non-hydrogen) atoms. The van der Waals surface area contributed by atoms with Crippen molar-refractivity contribution in [3.63, 3.8) is 0 Å². The number of nitrogens with zero attached hydrogens (tertiary/aromatic N) is 4. The number of sulfonamides is 1. The smallest absolute Gasteiger partial charge is 0.266 e. The van der Waals surface area contributed by atoms with Crippen LogP contribution in [0.5, 0.6) is 0 Å². The van der Waals surface area contributed by atoms with Gasteiger partial charge in [0.05, 0.1) is 22.0 Å². The molecule has 0 spiro atoms. The highest BCUT2D eigenvalue weighted by Crippen LogP contribution is 2.23. The van der Waals surface area contributed by atoms with Gasteiger partial charge in [0, 0.05) is 33.4 Å². The number of azo groups is 1. The highest BCUT2D eigenvalue weighted by molar-refractivity contribution is 7.89. The lowest BCUT2D eigenvalue weighted by atomic mass is 10.3. The van der Waals surface area contributed by atoms with Crippen LogP contribution in [0.4, 0.5) is 17.1 Å². The van der Waals surface area contributed by atoms with E-state index in [2.05, 4.69) is 10.2 Å². The van der Waals surface area contributed by atoms with Gasteiger partial charge in [-0.1, -0.05) is 0 Å². The molecule has 0 saturated carbocycles. The summed E-state index contributed by atoms with van der Waals surface area (Å²) in [4.78, 5) is 1.95. The summed E-state index contributed by atoms with van der Waals surface area (Å²) in [5.41, 5.74) is 2.16. The van der Waals surface area contributed by atoms with Crippen molar-refractivity contribution < 1.29 is 21.4 Å². The Balaban J connectivity index is 2.09. The van der Waals surface area contributed by atoms with Gasteiger partial charge in [0.1, 0.15) is 0 Å². The number of hydrogen-bond acceptors (Lipinski definition) is 7. The fourth-order valence-electron chi connectivity index (χ4n) is 2.16. The molecule has 1 N–H and O–H groups in total. The second-order valence-electron chi connectivity index (χ2n) is 6.22. The van der Waals surface area contributed by atoms with Crippen LogP contribution < -0.4 is 4.90 Å². The Morgan fingerprint density at radius 2 is 1.29 bits per heavy atom. The minimum Gasteiger partial charge on any atom is -0.378 e. The Morgan fingerprint density at radius 1 is 0.821 bits per heavy atom. The van der Waals surface area contributed by atoms with Gasteiger partial charge in [-0.25, -0.2) is 8.42 Å². The molecule has 0 fully saturated rings. The highest BCUT2D eigenvalue weighted by atomic mass is 32.2. The zero-order valence-corrected chi connectivity index (χ0v) is 17.4. The number of anilines is 1. The number of hydrogen-bond donors (Lipinski definition) is 1. The van der Waals surface area contributed by atoms with Gasteiger partial charge in [-0.2, -0.15) is 23.0 Å². The van der Waals surface area contributed by atoms with E-state index in [0.29, 0.717) is 11.4 Å². The summed E-state index contributed by atoms with van der Waals surface area (Å²) >= 11 is 0. The second-order valence-corrected chi connectivity index (χ2v) is 9.83. The van der Waals surface area contributed by atoms with E-state index in [4.69, 9.17) is 4.55 Å². The summed E-state index contributed by atoms with van der Waals surface area (Å²) in [6.07, 6.45) is 0. The van der Waals surface area contributed by atoms with Gasteiger partial charge in [0.25, 0.3) is 10.1 Å². The molecule has 0 aliphatic carbocycles. The van der Waals surface area contributed by atoms with E-state index in [1.807, 2.05) is 43.3 Å². The third-order valence-corrected chi connectivity index (χ3v) is 6.43. The second kappa shape index (κ2) is 8.78. The largest absolute Gasteiger partial charge is 0.378 e. The molecular weight excluding hydrogens is 404 g/mol. The molecule has 152 valence electrons. The maximum absolute atomic E-state index is 12.4. The summed E-state index contributed by atoms with van der Waals surface area (Å²) in [6.45, 7) is -0.356. The van der Waals surface area contributed by atoms with Crippen molar-refractivity contribution >= 4 is 37.2 Å². The van der Waals surface area contributed by atoms with Gasteiger partial charge in [-0.3, -0.25) is 4.55 Å².